The topological polar surface area (TPSA) is 43.6 Å². The predicted molar refractivity (Wildman–Crippen MR) is 83.3 cm³/mol. The number of rotatable bonds is 7. The zero-order valence-corrected chi connectivity index (χ0v) is 13.8. The van der Waals surface area contributed by atoms with E-state index >= 15 is 0 Å². The molecule has 0 bridgehead atoms. The number of hydrogen-bond acceptors (Lipinski definition) is 4. The van der Waals surface area contributed by atoms with Gasteiger partial charge in [0.2, 0.25) is 0 Å². The van der Waals surface area contributed by atoms with E-state index in [9.17, 15) is 0 Å². The molecule has 0 aliphatic heterocycles. The molecule has 0 radical (unpaired) electrons. The van der Waals surface area contributed by atoms with Gasteiger partial charge in [0.05, 0.1) is 25.4 Å². The van der Waals surface area contributed by atoms with Crippen molar-refractivity contribution in [3.63, 3.8) is 0 Å². The van der Waals surface area contributed by atoms with Crippen LogP contribution >= 0.6 is 0 Å². The first-order chi connectivity index (χ1) is 10.1. The predicted octanol–water partition coefficient (Wildman–Crippen LogP) is 3.56. The van der Waals surface area contributed by atoms with Gasteiger partial charge in [0.25, 0.3) is 0 Å². The van der Waals surface area contributed by atoms with Crippen LogP contribution in [0.1, 0.15) is 56.6 Å². The SMILES string of the molecule is COC1CCCC(OCc2cc(CNC(C)C)oc2C)C1. The maximum Gasteiger partial charge on any atom is 0.118 e. The number of furan rings is 1. The van der Waals surface area contributed by atoms with Crippen molar-refractivity contribution in [1.82, 2.24) is 5.32 Å². The summed E-state index contributed by atoms with van der Waals surface area (Å²) < 4.78 is 17.3. The number of nitrogens with one attached hydrogen (secondary N) is 1. The minimum Gasteiger partial charge on any atom is -0.465 e. The first-order valence-electron chi connectivity index (χ1n) is 8.04. The van der Waals surface area contributed by atoms with Gasteiger partial charge in [-0.2, -0.15) is 0 Å². The van der Waals surface area contributed by atoms with Crippen molar-refractivity contribution in [2.24, 2.45) is 0 Å². The summed E-state index contributed by atoms with van der Waals surface area (Å²) in [5.74, 6) is 1.95. The van der Waals surface area contributed by atoms with E-state index in [1.54, 1.807) is 7.11 Å². The van der Waals surface area contributed by atoms with Gasteiger partial charge in [-0.15, -0.1) is 0 Å². The number of hydrogen-bond donors (Lipinski definition) is 1. The Balaban J connectivity index is 1.82. The average molecular weight is 295 g/mol. The van der Waals surface area contributed by atoms with Crippen molar-refractivity contribution in [2.75, 3.05) is 7.11 Å². The molecule has 1 heterocycles. The Morgan fingerprint density at radius 3 is 2.81 bits per heavy atom. The normalized spacial score (nSPS) is 22.9. The van der Waals surface area contributed by atoms with Gasteiger partial charge in [-0.3, -0.25) is 0 Å². The number of methoxy groups -OCH3 is 1. The minimum absolute atomic E-state index is 0.315. The van der Waals surface area contributed by atoms with Crippen molar-refractivity contribution in [3.05, 3.63) is 23.2 Å². The fourth-order valence-corrected chi connectivity index (χ4v) is 2.80. The molecule has 21 heavy (non-hydrogen) atoms. The van der Waals surface area contributed by atoms with E-state index in [-0.39, 0.29) is 0 Å². The molecule has 0 saturated heterocycles. The number of ether oxygens (including phenoxy) is 2. The fourth-order valence-electron chi connectivity index (χ4n) is 2.80. The summed E-state index contributed by atoms with van der Waals surface area (Å²) in [6.45, 7) is 7.69. The van der Waals surface area contributed by atoms with Crippen molar-refractivity contribution in [2.45, 2.75) is 77.9 Å². The highest BCUT2D eigenvalue weighted by atomic mass is 16.5. The Hall–Kier alpha value is -0.840. The van der Waals surface area contributed by atoms with Crippen LogP contribution in [0.15, 0.2) is 10.5 Å². The molecular weight excluding hydrogens is 266 g/mol. The Kier molecular flexibility index (Phi) is 6.27. The molecule has 1 aliphatic carbocycles. The highest BCUT2D eigenvalue weighted by molar-refractivity contribution is 5.20. The van der Waals surface area contributed by atoms with Crippen molar-refractivity contribution >= 4 is 0 Å². The molecule has 120 valence electrons. The van der Waals surface area contributed by atoms with E-state index in [0.29, 0.717) is 24.9 Å². The van der Waals surface area contributed by atoms with E-state index < -0.39 is 0 Å². The zero-order chi connectivity index (χ0) is 15.2. The van der Waals surface area contributed by atoms with Gasteiger partial charge in [0, 0.05) is 18.7 Å². The molecule has 4 nitrogen and oxygen atoms in total. The molecule has 0 aromatic carbocycles. The van der Waals surface area contributed by atoms with Gasteiger partial charge in [0.1, 0.15) is 11.5 Å². The molecule has 2 unspecified atom stereocenters. The second kappa shape index (κ2) is 7.97. The second-order valence-corrected chi connectivity index (χ2v) is 6.29. The van der Waals surface area contributed by atoms with Gasteiger partial charge >= 0.3 is 0 Å². The van der Waals surface area contributed by atoms with Gasteiger partial charge < -0.3 is 19.2 Å². The Morgan fingerprint density at radius 1 is 1.33 bits per heavy atom. The summed E-state index contributed by atoms with van der Waals surface area (Å²) in [4.78, 5) is 0. The lowest BCUT2D eigenvalue weighted by molar-refractivity contribution is -0.0365. The highest BCUT2D eigenvalue weighted by Gasteiger charge is 2.22. The number of aryl methyl sites for hydroxylation is 1. The fraction of sp³-hybridized carbons (Fsp3) is 0.765. The summed E-state index contributed by atoms with van der Waals surface area (Å²) >= 11 is 0. The van der Waals surface area contributed by atoms with E-state index in [1.165, 1.54) is 6.42 Å². The molecule has 1 aromatic rings. The average Bonchev–Trinajstić information content (AvgIpc) is 2.83. The summed E-state index contributed by atoms with van der Waals surface area (Å²) in [5.41, 5.74) is 1.16. The Labute approximate surface area is 128 Å². The van der Waals surface area contributed by atoms with Crippen LogP contribution in [0.2, 0.25) is 0 Å². The van der Waals surface area contributed by atoms with Crippen LogP contribution in [-0.4, -0.2) is 25.4 Å². The van der Waals surface area contributed by atoms with Crippen molar-refractivity contribution < 1.29 is 13.9 Å². The molecule has 1 aliphatic rings. The van der Waals surface area contributed by atoms with Gasteiger partial charge in [-0.1, -0.05) is 13.8 Å². The van der Waals surface area contributed by atoms with Gasteiger partial charge in [-0.25, -0.2) is 0 Å². The largest absolute Gasteiger partial charge is 0.465 e. The Morgan fingerprint density at radius 2 is 2.10 bits per heavy atom. The summed E-state index contributed by atoms with van der Waals surface area (Å²) in [6.07, 6.45) is 5.17. The first kappa shape index (κ1) is 16.5. The third kappa shape index (κ3) is 5.13. The lowest BCUT2D eigenvalue weighted by atomic mass is 9.95. The lowest BCUT2D eigenvalue weighted by Crippen LogP contribution is -2.27. The summed E-state index contributed by atoms with van der Waals surface area (Å²) in [6, 6.07) is 2.57. The first-order valence-corrected chi connectivity index (χ1v) is 8.04. The lowest BCUT2D eigenvalue weighted by Gasteiger charge is -2.28. The standard InChI is InChI=1S/C17H29NO3/c1-12(2)18-10-17-8-14(13(3)21-17)11-20-16-7-5-6-15(9-16)19-4/h8,12,15-16,18H,5-7,9-11H2,1-4H3. The van der Waals surface area contributed by atoms with E-state index in [2.05, 4.69) is 25.2 Å². The van der Waals surface area contributed by atoms with E-state index in [0.717, 1.165) is 42.9 Å². The molecule has 1 N–H and O–H groups in total. The molecule has 4 heteroatoms. The van der Waals surface area contributed by atoms with E-state index in [4.69, 9.17) is 13.9 Å². The van der Waals surface area contributed by atoms with Crippen LogP contribution < -0.4 is 5.32 Å². The highest BCUT2D eigenvalue weighted by Crippen LogP contribution is 2.25. The smallest absolute Gasteiger partial charge is 0.118 e. The Bertz CT molecular complexity index is 428. The van der Waals surface area contributed by atoms with E-state index in [1.807, 2.05) is 6.92 Å². The molecule has 1 aromatic heterocycles. The molecule has 0 spiro atoms. The third-order valence-corrected chi connectivity index (χ3v) is 4.14. The van der Waals surface area contributed by atoms with Crippen LogP contribution in [-0.2, 0) is 22.6 Å². The second-order valence-electron chi connectivity index (χ2n) is 6.29. The van der Waals surface area contributed by atoms with Crippen LogP contribution in [0, 0.1) is 6.92 Å². The van der Waals surface area contributed by atoms with Crippen molar-refractivity contribution in [3.8, 4) is 0 Å². The van der Waals surface area contributed by atoms with Crippen LogP contribution in [0.3, 0.4) is 0 Å². The molecule has 1 fully saturated rings. The minimum atomic E-state index is 0.315. The summed E-state index contributed by atoms with van der Waals surface area (Å²) in [7, 11) is 1.79. The third-order valence-electron chi connectivity index (χ3n) is 4.14. The molecule has 0 amide bonds. The maximum atomic E-state index is 6.06. The molecule has 2 rings (SSSR count). The zero-order valence-electron chi connectivity index (χ0n) is 13.8. The summed E-state index contributed by atoms with van der Waals surface area (Å²) in [5, 5.41) is 3.37. The monoisotopic (exact) mass is 295 g/mol. The van der Waals surface area contributed by atoms with Gasteiger partial charge in [0.15, 0.2) is 0 Å². The van der Waals surface area contributed by atoms with Crippen LogP contribution in [0.5, 0.6) is 0 Å². The maximum absolute atomic E-state index is 6.06. The van der Waals surface area contributed by atoms with Crippen LogP contribution in [0.4, 0.5) is 0 Å². The van der Waals surface area contributed by atoms with Gasteiger partial charge in [-0.05, 0) is 38.7 Å². The van der Waals surface area contributed by atoms with Crippen molar-refractivity contribution in [1.29, 1.82) is 0 Å². The molecule has 1 saturated carbocycles. The quantitative estimate of drug-likeness (QED) is 0.835. The molecular formula is C17H29NO3. The molecule has 2 atom stereocenters. The van der Waals surface area contributed by atoms with Crippen LogP contribution in [0.25, 0.3) is 0 Å².